The molecular weight excluding hydrogens is 392 g/mol. The van der Waals surface area contributed by atoms with Crippen LogP contribution in [-0.2, 0) is 12.4 Å². The lowest BCUT2D eigenvalue weighted by Gasteiger charge is -2.26. The van der Waals surface area contributed by atoms with Crippen LogP contribution in [-0.4, -0.2) is 27.6 Å². The average Bonchev–Trinajstić information content (AvgIpc) is 2.57. The van der Waals surface area contributed by atoms with Crippen LogP contribution in [0.1, 0.15) is 35.3 Å². The Balaban J connectivity index is 2.63. The van der Waals surface area contributed by atoms with Crippen LogP contribution in [0.4, 0.5) is 38.0 Å². The molecule has 1 N–H and O–H groups in total. The Morgan fingerprint density at radius 1 is 1.00 bits per heavy atom. The van der Waals surface area contributed by atoms with Gasteiger partial charge in [0.05, 0.1) is 16.7 Å². The van der Waals surface area contributed by atoms with Gasteiger partial charge in [0, 0.05) is 24.6 Å². The highest BCUT2D eigenvalue weighted by Crippen LogP contribution is 2.39. The van der Waals surface area contributed by atoms with Gasteiger partial charge in [0.1, 0.15) is 0 Å². The third-order valence-corrected chi connectivity index (χ3v) is 3.56. The van der Waals surface area contributed by atoms with Crippen molar-refractivity contribution in [3.63, 3.8) is 0 Å². The summed E-state index contributed by atoms with van der Waals surface area (Å²) in [5, 5.41) is 8.89. The van der Waals surface area contributed by atoms with E-state index in [1.54, 1.807) is 13.8 Å². The van der Waals surface area contributed by atoms with Gasteiger partial charge < -0.3 is 10.0 Å². The van der Waals surface area contributed by atoms with E-state index in [4.69, 9.17) is 5.11 Å². The fourth-order valence-electron chi connectivity index (χ4n) is 2.33. The van der Waals surface area contributed by atoms with Crippen LogP contribution in [0.25, 0.3) is 0 Å². The zero-order valence-electron chi connectivity index (χ0n) is 14.6. The van der Waals surface area contributed by atoms with Crippen molar-refractivity contribution in [2.75, 3.05) is 11.4 Å². The molecule has 0 fully saturated rings. The molecule has 152 valence electrons. The van der Waals surface area contributed by atoms with Crippen LogP contribution in [0, 0.1) is 5.92 Å². The minimum Gasteiger partial charge on any atom is -0.478 e. The number of aromatic carboxylic acids is 1. The summed E-state index contributed by atoms with van der Waals surface area (Å²) in [4.78, 5) is 19.6. The Morgan fingerprint density at radius 2 is 1.46 bits per heavy atom. The summed E-state index contributed by atoms with van der Waals surface area (Å²) in [5.41, 5.74) is -3.60. The number of rotatable bonds is 5. The fraction of sp³-hybridized carbons (Fsp3) is 0.353. The molecule has 0 aliphatic rings. The molecule has 0 atom stereocenters. The summed E-state index contributed by atoms with van der Waals surface area (Å²) in [5.74, 6) is -1.71. The Labute approximate surface area is 155 Å². The molecule has 0 amide bonds. The quantitative estimate of drug-likeness (QED) is 0.706. The summed E-state index contributed by atoms with van der Waals surface area (Å²) >= 11 is 0. The number of carboxylic acid groups (broad SMARTS) is 1. The highest BCUT2D eigenvalue weighted by molar-refractivity contribution is 5.86. The van der Waals surface area contributed by atoms with Crippen molar-refractivity contribution in [3.8, 4) is 0 Å². The van der Waals surface area contributed by atoms with Gasteiger partial charge in [-0.05, 0) is 24.1 Å². The SMILES string of the molecule is CC(C)CN(c1cc(C(F)(F)F)cc(C(F)(F)F)c1)c1ncc(C(=O)O)cn1. The normalized spacial score (nSPS) is 12.3. The number of nitrogens with zero attached hydrogens (tertiary/aromatic N) is 3. The largest absolute Gasteiger partial charge is 0.478 e. The Bertz CT molecular complexity index is 815. The number of hydrogen-bond acceptors (Lipinski definition) is 4. The molecule has 0 saturated carbocycles. The highest BCUT2D eigenvalue weighted by Gasteiger charge is 2.37. The second kappa shape index (κ2) is 7.64. The molecule has 0 saturated heterocycles. The van der Waals surface area contributed by atoms with Gasteiger partial charge >= 0.3 is 18.3 Å². The first-order valence-electron chi connectivity index (χ1n) is 7.91. The van der Waals surface area contributed by atoms with Gasteiger partial charge in [-0.15, -0.1) is 0 Å². The molecule has 5 nitrogen and oxygen atoms in total. The van der Waals surface area contributed by atoms with E-state index in [0.29, 0.717) is 12.1 Å². The van der Waals surface area contributed by atoms with E-state index in [-0.39, 0.29) is 30.0 Å². The maximum atomic E-state index is 13.1. The van der Waals surface area contributed by atoms with Crippen LogP contribution in [0.5, 0.6) is 0 Å². The first kappa shape index (κ1) is 21.5. The molecule has 1 aromatic carbocycles. The average molecular weight is 407 g/mol. The molecule has 0 aliphatic carbocycles. The number of carboxylic acids is 1. The Kier molecular flexibility index (Phi) is 5.86. The fourth-order valence-corrected chi connectivity index (χ4v) is 2.33. The van der Waals surface area contributed by atoms with Gasteiger partial charge in [0.25, 0.3) is 0 Å². The van der Waals surface area contributed by atoms with Gasteiger partial charge in [-0.25, -0.2) is 14.8 Å². The van der Waals surface area contributed by atoms with E-state index >= 15 is 0 Å². The number of halogens is 6. The number of anilines is 2. The standard InChI is InChI=1S/C17H15F6N3O2/c1-9(2)8-26(15-24-6-10(7-25-15)14(27)28)13-4-11(16(18,19)20)3-12(5-13)17(21,22)23/h3-7,9H,8H2,1-2H3,(H,27,28). The van der Waals surface area contributed by atoms with Crippen molar-refractivity contribution in [1.82, 2.24) is 9.97 Å². The van der Waals surface area contributed by atoms with Gasteiger partial charge in [0.2, 0.25) is 5.95 Å². The van der Waals surface area contributed by atoms with E-state index in [0.717, 1.165) is 17.3 Å². The van der Waals surface area contributed by atoms with Crippen molar-refractivity contribution in [2.24, 2.45) is 5.92 Å². The van der Waals surface area contributed by atoms with Crippen molar-refractivity contribution in [2.45, 2.75) is 26.2 Å². The minimum absolute atomic E-state index is 0.00499. The summed E-state index contributed by atoms with van der Waals surface area (Å²) < 4.78 is 78.7. The summed E-state index contributed by atoms with van der Waals surface area (Å²) in [6.07, 6.45) is -8.13. The van der Waals surface area contributed by atoms with Crippen LogP contribution in [0.3, 0.4) is 0 Å². The van der Waals surface area contributed by atoms with Crippen molar-refractivity contribution >= 4 is 17.6 Å². The Morgan fingerprint density at radius 3 is 1.82 bits per heavy atom. The van der Waals surface area contributed by atoms with Gasteiger partial charge in [-0.1, -0.05) is 13.8 Å². The van der Waals surface area contributed by atoms with E-state index in [9.17, 15) is 31.1 Å². The van der Waals surface area contributed by atoms with Crippen molar-refractivity contribution < 1.29 is 36.2 Å². The Hall–Kier alpha value is -2.85. The number of benzene rings is 1. The maximum absolute atomic E-state index is 13.1. The molecule has 0 aliphatic heterocycles. The molecule has 0 spiro atoms. The van der Waals surface area contributed by atoms with Crippen LogP contribution < -0.4 is 4.90 Å². The van der Waals surface area contributed by atoms with Crippen LogP contribution in [0.15, 0.2) is 30.6 Å². The molecule has 11 heteroatoms. The number of alkyl halides is 6. The number of hydrogen-bond donors (Lipinski definition) is 1. The second-order valence-corrected chi connectivity index (χ2v) is 6.35. The minimum atomic E-state index is -4.99. The molecule has 2 aromatic rings. The van der Waals surface area contributed by atoms with Gasteiger partial charge in [-0.2, -0.15) is 26.3 Å². The molecule has 0 bridgehead atoms. The third-order valence-electron chi connectivity index (χ3n) is 3.56. The number of aromatic nitrogens is 2. The third kappa shape index (κ3) is 5.11. The molecule has 1 aromatic heterocycles. The lowest BCUT2D eigenvalue weighted by molar-refractivity contribution is -0.143. The molecule has 0 unspecified atom stereocenters. The van der Waals surface area contributed by atoms with Crippen LogP contribution >= 0.6 is 0 Å². The summed E-state index contributed by atoms with van der Waals surface area (Å²) in [6.45, 7) is 3.42. The van der Waals surface area contributed by atoms with E-state index < -0.39 is 35.1 Å². The highest BCUT2D eigenvalue weighted by atomic mass is 19.4. The molecule has 0 radical (unpaired) electrons. The lowest BCUT2D eigenvalue weighted by Crippen LogP contribution is -2.25. The number of carbonyl (C=O) groups is 1. The molecule has 28 heavy (non-hydrogen) atoms. The maximum Gasteiger partial charge on any atom is 0.416 e. The monoisotopic (exact) mass is 407 g/mol. The predicted octanol–water partition coefficient (Wildman–Crippen LogP) is 5.01. The first-order valence-corrected chi connectivity index (χ1v) is 7.91. The zero-order valence-corrected chi connectivity index (χ0v) is 14.6. The van der Waals surface area contributed by atoms with E-state index in [1.807, 2.05) is 0 Å². The van der Waals surface area contributed by atoms with Crippen molar-refractivity contribution in [1.29, 1.82) is 0 Å². The molecule has 1 heterocycles. The van der Waals surface area contributed by atoms with Crippen molar-refractivity contribution in [3.05, 3.63) is 47.3 Å². The summed E-state index contributed by atoms with van der Waals surface area (Å²) in [7, 11) is 0. The van der Waals surface area contributed by atoms with Gasteiger partial charge in [0.15, 0.2) is 0 Å². The smallest absolute Gasteiger partial charge is 0.416 e. The van der Waals surface area contributed by atoms with E-state index in [1.165, 1.54) is 0 Å². The first-order chi connectivity index (χ1) is 12.8. The topological polar surface area (TPSA) is 66.3 Å². The molecule has 2 rings (SSSR count). The second-order valence-electron chi connectivity index (χ2n) is 6.35. The van der Waals surface area contributed by atoms with Gasteiger partial charge in [-0.3, -0.25) is 0 Å². The molecular formula is C17H15F6N3O2. The predicted molar refractivity (Wildman–Crippen MR) is 87.3 cm³/mol. The van der Waals surface area contributed by atoms with Crippen LogP contribution in [0.2, 0.25) is 0 Å². The van der Waals surface area contributed by atoms with E-state index in [2.05, 4.69) is 9.97 Å². The summed E-state index contributed by atoms with van der Waals surface area (Å²) in [6, 6.07) is 1.18. The lowest BCUT2D eigenvalue weighted by atomic mass is 10.1. The zero-order chi connectivity index (χ0) is 21.3.